The van der Waals surface area contributed by atoms with Crippen LogP contribution in [0.5, 0.6) is 5.75 Å². The molecule has 2 aromatic rings. The maximum atomic E-state index is 12.6. The Morgan fingerprint density at radius 2 is 2.09 bits per heavy atom. The summed E-state index contributed by atoms with van der Waals surface area (Å²) in [5.41, 5.74) is 3.91. The number of nitrogens with one attached hydrogen (secondary N) is 1. The van der Waals surface area contributed by atoms with Gasteiger partial charge in [0.25, 0.3) is 0 Å². The van der Waals surface area contributed by atoms with E-state index in [0.29, 0.717) is 37.3 Å². The molecule has 34 heavy (non-hydrogen) atoms. The largest absolute Gasteiger partial charge is 0.493 e. The van der Waals surface area contributed by atoms with Gasteiger partial charge in [-0.15, -0.1) is 0 Å². The lowest BCUT2D eigenvalue weighted by atomic mass is 9.92. The second kappa shape index (κ2) is 9.79. The van der Waals surface area contributed by atoms with E-state index in [4.69, 9.17) is 4.74 Å². The highest BCUT2D eigenvalue weighted by molar-refractivity contribution is 5.93. The summed E-state index contributed by atoms with van der Waals surface area (Å²) >= 11 is 0. The summed E-state index contributed by atoms with van der Waals surface area (Å²) in [6, 6.07) is 7.39. The Kier molecular flexibility index (Phi) is 6.81. The van der Waals surface area contributed by atoms with Crippen molar-refractivity contribution < 1.29 is 27.8 Å². The van der Waals surface area contributed by atoms with Crippen molar-refractivity contribution in [3.63, 3.8) is 0 Å². The third-order valence-electron chi connectivity index (χ3n) is 6.21. The van der Waals surface area contributed by atoms with Crippen molar-refractivity contribution in [3.8, 4) is 5.75 Å². The number of halogens is 3. The molecule has 0 saturated heterocycles. The number of hydrogen-bond acceptors (Lipinski definition) is 5. The second-order valence-corrected chi connectivity index (χ2v) is 8.50. The number of pyridine rings is 1. The molecule has 0 amide bonds. The van der Waals surface area contributed by atoms with E-state index in [9.17, 15) is 23.1 Å². The predicted octanol–water partition coefficient (Wildman–Crippen LogP) is 5.75. The third kappa shape index (κ3) is 5.52. The minimum Gasteiger partial charge on any atom is -0.493 e. The zero-order valence-electron chi connectivity index (χ0n) is 18.7. The fourth-order valence-electron chi connectivity index (χ4n) is 4.35. The summed E-state index contributed by atoms with van der Waals surface area (Å²) in [5.74, 6) is -0.120. The van der Waals surface area contributed by atoms with Crippen LogP contribution in [0, 0.1) is 0 Å². The van der Waals surface area contributed by atoms with Crippen molar-refractivity contribution >= 4 is 17.3 Å². The molecule has 0 unspecified atom stereocenters. The SMILES string of the molecule is CN(C1=CC=C(CC(F)(F)F)CC1)c1ccc2c(c1)OCC[C@H]2CNc1cnccc1C(=O)O. The van der Waals surface area contributed by atoms with E-state index in [1.165, 1.54) is 18.5 Å². The first-order valence-corrected chi connectivity index (χ1v) is 11.1. The monoisotopic (exact) mass is 473 g/mol. The molecular formula is C25H26F3N3O3. The molecule has 2 heterocycles. The molecule has 9 heteroatoms. The molecule has 1 aromatic heterocycles. The Morgan fingerprint density at radius 1 is 1.26 bits per heavy atom. The minimum absolute atomic E-state index is 0.131. The number of benzene rings is 1. The fourth-order valence-corrected chi connectivity index (χ4v) is 4.35. The Balaban J connectivity index is 1.46. The average Bonchev–Trinajstić information content (AvgIpc) is 2.81. The van der Waals surface area contributed by atoms with Gasteiger partial charge in [-0.3, -0.25) is 4.98 Å². The van der Waals surface area contributed by atoms with E-state index in [1.807, 2.05) is 30.1 Å². The van der Waals surface area contributed by atoms with Gasteiger partial charge in [0.05, 0.1) is 30.5 Å². The van der Waals surface area contributed by atoms with Crippen LogP contribution in [0.2, 0.25) is 0 Å². The van der Waals surface area contributed by atoms with Gasteiger partial charge in [0.15, 0.2) is 0 Å². The molecule has 2 aliphatic rings. The quantitative estimate of drug-likeness (QED) is 0.533. The van der Waals surface area contributed by atoms with Crippen molar-refractivity contribution in [1.29, 1.82) is 0 Å². The second-order valence-electron chi connectivity index (χ2n) is 8.50. The first-order valence-electron chi connectivity index (χ1n) is 11.1. The van der Waals surface area contributed by atoms with Crippen molar-refractivity contribution in [2.24, 2.45) is 0 Å². The van der Waals surface area contributed by atoms with E-state index in [2.05, 4.69) is 10.3 Å². The molecule has 4 rings (SSSR count). The summed E-state index contributed by atoms with van der Waals surface area (Å²) < 4.78 is 43.8. The molecule has 0 fully saturated rings. The van der Waals surface area contributed by atoms with Crippen LogP contribution >= 0.6 is 0 Å². The number of anilines is 2. The standard InChI is InChI=1S/C25H26F3N3O3/c1-31(18-4-2-16(3-5-18)13-25(26,27)28)19-6-7-20-17(9-11-34-23(20)12-19)14-30-22-15-29-10-8-21(22)24(32)33/h2,4,6-8,10,12,15,17,30H,3,5,9,11,13-14H2,1H3,(H,32,33)/t17-/m0/s1. The van der Waals surface area contributed by atoms with Crippen LogP contribution in [0.1, 0.15) is 47.5 Å². The molecule has 180 valence electrons. The summed E-state index contributed by atoms with van der Waals surface area (Å²) in [6.07, 6.45) is 2.95. The lowest BCUT2D eigenvalue weighted by Crippen LogP contribution is -2.23. The van der Waals surface area contributed by atoms with Crippen LogP contribution in [0.4, 0.5) is 24.5 Å². The van der Waals surface area contributed by atoms with Crippen LogP contribution in [0.25, 0.3) is 0 Å². The highest BCUT2D eigenvalue weighted by Gasteiger charge is 2.29. The van der Waals surface area contributed by atoms with Gasteiger partial charge in [0.2, 0.25) is 0 Å². The summed E-state index contributed by atoms with van der Waals surface area (Å²) in [4.78, 5) is 17.4. The third-order valence-corrected chi connectivity index (χ3v) is 6.21. The molecule has 0 saturated carbocycles. The number of ether oxygens (including phenoxy) is 1. The number of carbonyl (C=O) groups is 1. The molecule has 1 atom stereocenters. The zero-order valence-corrected chi connectivity index (χ0v) is 18.7. The van der Waals surface area contributed by atoms with Crippen molar-refractivity contribution in [2.45, 2.75) is 37.8 Å². The summed E-state index contributed by atoms with van der Waals surface area (Å²) in [5, 5.41) is 12.6. The number of allylic oxidation sites excluding steroid dienone is 4. The normalized spacial score (nSPS) is 17.7. The van der Waals surface area contributed by atoms with Crippen molar-refractivity contribution in [3.05, 3.63) is 71.2 Å². The number of aromatic nitrogens is 1. The molecule has 0 bridgehead atoms. The van der Waals surface area contributed by atoms with Crippen LogP contribution in [-0.4, -0.2) is 42.4 Å². The average molecular weight is 473 g/mol. The number of rotatable bonds is 7. The van der Waals surface area contributed by atoms with Gasteiger partial charge in [-0.1, -0.05) is 17.7 Å². The maximum absolute atomic E-state index is 12.6. The smallest absolute Gasteiger partial charge is 0.392 e. The highest BCUT2D eigenvalue weighted by Crippen LogP contribution is 2.38. The van der Waals surface area contributed by atoms with Gasteiger partial charge in [0, 0.05) is 43.2 Å². The lowest BCUT2D eigenvalue weighted by molar-refractivity contribution is -0.127. The number of nitrogens with zero attached hydrogens (tertiary/aromatic N) is 2. The van der Waals surface area contributed by atoms with Gasteiger partial charge < -0.3 is 20.1 Å². The number of carboxylic acid groups (broad SMARTS) is 1. The number of aromatic carboxylic acids is 1. The number of carboxylic acids is 1. The van der Waals surface area contributed by atoms with Gasteiger partial charge in [-0.25, -0.2) is 4.79 Å². The van der Waals surface area contributed by atoms with Crippen molar-refractivity contribution in [1.82, 2.24) is 4.98 Å². The van der Waals surface area contributed by atoms with Crippen LogP contribution < -0.4 is 15.0 Å². The Hall–Kier alpha value is -3.49. The molecule has 2 N–H and O–H groups in total. The highest BCUT2D eigenvalue weighted by atomic mass is 19.4. The minimum atomic E-state index is -4.18. The maximum Gasteiger partial charge on any atom is 0.392 e. The lowest BCUT2D eigenvalue weighted by Gasteiger charge is -2.30. The van der Waals surface area contributed by atoms with Gasteiger partial charge in [0.1, 0.15) is 5.75 Å². The summed E-state index contributed by atoms with van der Waals surface area (Å²) in [6.45, 7) is 1.08. The first kappa shape index (κ1) is 23.7. The van der Waals surface area contributed by atoms with Crippen LogP contribution in [0.3, 0.4) is 0 Å². The topological polar surface area (TPSA) is 74.7 Å². The van der Waals surface area contributed by atoms with Gasteiger partial charge in [-0.05, 0) is 43.0 Å². The first-order chi connectivity index (χ1) is 16.2. The van der Waals surface area contributed by atoms with Gasteiger partial charge >= 0.3 is 12.1 Å². The van der Waals surface area contributed by atoms with E-state index in [-0.39, 0.29) is 11.5 Å². The fraction of sp³-hybridized carbons (Fsp3) is 0.360. The van der Waals surface area contributed by atoms with Crippen LogP contribution in [0.15, 0.2) is 60.1 Å². The molecular weight excluding hydrogens is 447 g/mol. The van der Waals surface area contributed by atoms with Crippen molar-refractivity contribution in [2.75, 3.05) is 30.4 Å². The van der Waals surface area contributed by atoms with E-state index < -0.39 is 18.6 Å². The predicted molar refractivity (Wildman–Crippen MR) is 123 cm³/mol. The molecule has 0 spiro atoms. The number of alkyl halides is 3. The van der Waals surface area contributed by atoms with E-state index in [0.717, 1.165) is 29.1 Å². The molecule has 1 aliphatic carbocycles. The Morgan fingerprint density at radius 3 is 2.79 bits per heavy atom. The Labute approximate surface area is 195 Å². The molecule has 0 radical (unpaired) electrons. The van der Waals surface area contributed by atoms with E-state index >= 15 is 0 Å². The molecule has 1 aliphatic heterocycles. The van der Waals surface area contributed by atoms with E-state index in [1.54, 1.807) is 12.2 Å². The number of fused-ring (bicyclic) bond motifs is 1. The molecule has 1 aromatic carbocycles. The van der Waals surface area contributed by atoms with Gasteiger partial charge in [-0.2, -0.15) is 13.2 Å². The Bertz CT molecular complexity index is 1130. The molecule has 6 nitrogen and oxygen atoms in total. The van der Waals surface area contributed by atoms with Crippen LogP contribution in [-0.2, 0) is 0 Å². The zero-order chi connectivity index (χ0) is 24.3. The number of hydrogen-bond donors (Lipinski definition) is 2. The summed E-state index contributed by atoms with van der Waals surface area (Å²) in [7, 11) is 1.90.